The van der Waals surface area contributed by atoms with E-state index in [4.69, 9.17) is 9.15 Å². The zero-order chi connectivity index (χ0) is 23.2. The highest BCUT2D eigenvalue weighted by Crippen LogP contribution is 2.25. The molecule has 4 aromatic rings. The van der Waals surface area contributed by atoms with E-state index < -0.39 is 5.91 Å². The quantitative estimate of drug-likeness (QED) is 0.354. The summed E-state index contributed by atoms with van der Waals surface area (Å²) < 4.78 is 10.3. The molecule has 166 valence electrons. The van der Waals surface area contributed by atoms with Crippen LogP contribution >= 0.6 is 11.3 Å². The molecule has 0 radical (unpaired) electrons. The molecule has 0 fully saturated rings. The first-order valence-electron chi connectivity index (χ1n) is 9.84. The molecule has 0 aliphatic heterocycles. The molecule has 0 saturated carbocycles. The number of carbonyl (C=O) groups is 3. The summed E-state index contributed by atoms with van der Waals surface area (Å²) in [5.41, 5.74) is 1.52. The van der Waals surface area contributed by atoms with Crippen LogP contribution in [0.15, 0.2) is 83.5 Å². The fourth-order valence-electron chi connectivity index (χ4n) is 2.95. The van der Waals surface area contributed by atoms with Crippen LogP contribution in [0.5, 0.6) is 5.75 Å². The Morgan fingerprint density at radius 2 is 1.58 bits per heavy atom. The number of ether oxygens (including phenoxy) is 1. The van der Waals surface area contributed by atoms with Crippen LogP contribution in [0.25, 0.3) is 0 Å². The Morgan fingerprint density at radius 1 is 0.788 bits per heavy atom. The molecule has 0 saturated heterocycles. The van der Waals surface area contributed by atoms with E-state index in [0.29, 0.717) is 32.6 Å². The van der Waals surface area contributed by atoms with Crippen LogP contribution in [0.3, 0.4) is 0 Å². The van der Waals surface area contributed by atoms with Crippen molar-refractivity contribution in [3.63, 3.8) is 0 Å². The van der Waals surface area contributed by atoms with Crippen molar-refractivity contribution in [2.45, 2.75) is 0 Å². The predicted octanol–water partition coefficient (Wildman–Crippen LogP) is 5.11. The number of benzene rings is 2. The van der Waals surface area contributed by atoms with E-state index in [1.807, 2.05) is 6.07 Å². The van der Waals surface area contributed by atoms with Gasteiger partial charge in [0.25, 0.3) is 17.7 Å². The number of amides is 3. The second kappa shape index (κ2) is 9.84. The van der Waals surface area contributed by atoms with Crippen LogP contribution in [0.4, 0.5) is 16.4 Å². The molecule has 9 heteroatoms. The number of nitrogens with one attached hydrogen (secondary N) is 3. The van der Waals surface area contributed by atoms with Crippen molar-refractivity contribution in [3.05, 3.63) is 95.3 Å². The molecule has 0 bridgehead atoms. The summed E-state index contributed by atoms with van der Waals surface area (Å²) in [6, 6.07) is 20.1. The number of hydrogen-bond acceptors (Lipinski definition) is 6. The smallest absolute Gasteiger partial charge is 0.291 e. The molecule has 0 aliphatic carbocycles. The van der Waals surface area contributed by atoms with Gasteiger partial charge in [0, 0.05) is 11.3 Å². The lowest BCUT2D eigenvalue weighted by Crippen LogP contribution is -2.13. The maximum Gasteiger partial charge on any atom is 0.291 e. The molecular formula is C24H19N3O5S. The van der Waals surface area contributed by atoms with Crippen LogP contribution in [-0.2, 0) is 0 Å². The van der Waals surface area contributed by atoms with Gasteiger partial charge in [0.2, 0.25) is 0 Å². The maximum absolute atomic E-state index is 12.5. The Kier molecular flexibility index (Phi) is 6.51. The van der Waals surface area contributed by atoms with Crippen molar-refractivity contribution in [3.8, 4) is 5.75 Å². The Hall–Kier alpha value is -4.37. The van der Waals surface area contributed by atoms with Crippen molar-refractivity contribution in [2.75, 3.05) is 23.1 Å². The average molecular weight is 461 g/mol. The molecule has 3 N–H and O–H groups in total. The maximum atomic E-state index is 12.5. The van der Waals surface area contributed by atoms with Gasteiger partial charge in [-0.25, -0.2) is 0 Å². The summed E-state index contributed by atoms with van der Waals surface area (Å²) in [5, 5.41) is 8.78. The first-order chi connectivity index (χ1) is 16.0. The summed E-state index contributed by atoms with van der Waals surface area (Å²) >= 11 is 1.14. The van der Waals surface area contributed by atoms with E-state index in [1.54, 1.807) is 66.7 Å². The van der Waals surface area contributed by atoms with Gasteiger partial charge in [0.05, 0.1) is 28.9 Å². The van der Waals surface area contributed by atoms with Gasteiger partial charge in [-0.1, -0.05) is 12.1 Å². The average Bonchev–Trinajstić information content (AvgIpc) is 3.52. The van der Waals surface area contributed by atoms with Crippen molar-refractivity contribution < 1.29 is 23.5 Å². The predicted molar refractivity (Wildman–Crippen MR) is 126 cm³/mol. The zero-order valence-electron chi connectivity index (χ0n) is 17.5. The molecule has 3 amide bonds. The van der Waals surface area contributed by atoms with Crippen LogP contribution < -0.4 is 20.7 Å². The SMILES string of the molecule is COc1ccccc1NC(=O)c1ccc(NC(=O)c2ccc(NC(=O)c3ccco3)s2)cc1. The summed E-state index contributed by atoms with van der Waals surface area (Å²) in [6.45, 7) is 0. The van der Waals surface area contributed by atoms with Gasteiger partial charge < -0.3 is 25.1 Å². The minimum atomic E-state index is -0.393. The van der Waals surface area contributed by atoms with Gasteiger partial charge in [-0.3, -0.25) is 14.4 Å². The van der Waals surface area contributed by atoms with E-state index in [1.165, 1.54) is 13.4 Å². The summed E-state index contributed by atoms with van der Waals surface area (Å²) in [6.07, 6.45) is 1.41. The Labute approximate surface area is 193 Å². The Balaban J connectivity index is 1.36. The molecule has 0 spiro atoms. The van der Waals surface area contributed by atoms with Gasteiger partial charge in [0.15, 0.2) is 5.76 Å². The van der Waals surface area contributed by atoms with Gasteiger partial charge >= 0.3 is 0 Å². The largest absolute Gasteiger partial charge is 0.495 e. The van der Waals surface area contributed by atoms with E-state index in [0.717, 1.165) is 11.3 Å². The Morgan fingerprint density at radius 3 is 2.30 bits per heavy atom. The van der Waals surface area contributed by atoms with E-state index in [9.17, 15) is 14.4 Å². The summed E-state index contributed by atoms with van der Waals surface area (Å²) in [5.74, 6) is -0.275. The number of para-hydroxylation sites is 2. The molecule has 2 aromatic heterocycles. The molecule has 2 heterocycles. The highest BCUT2D eigenvalue weighted by molar-refractivity contribution is 7.18. The van der Waals surface area contributed by atoms with Gasteiger partial charge in [-0.05, 0) is 60.7 Å². The van der Waals surface area contributed by atoms with Crippen molar-refractivity contribution >= 4 is 45.4 Å². The first kappa shape index (κ1) is 21.8. The second-order valence-electron chi connectivity index (χ2n) is 6.78. The van der Waals surface area contributed by atoms with Crippen LogP contribution in [-0.4, -0.2) is 24.8 Å². The second-order valence-corrected chi connectivity index (χ2v) is 7.86. The molecular weight excluding hydrogens is 442 g/mol. The Bertz CT molecular complexity index is 1280. The normalized spacial score (nSPS) is 10.3. The fraction of sp³-hybridized carbons (Fsp3) is 0.0417. The summed E-state index contributed by atoms with van der Waals surface area (Å²) in [7, 11) is 1.53. The molecule has 2 aromatic carbocycles. The van der Waals surface area contributed by atoms with Gasteiger partial charge in [0.1, 0.15) is 5.75 Å². The lowest BCUT2D eigenvalue weighted by molar-refractivity contribution is 0.0993. The zero-order valence-corrected chi connectivity index (χ0v) is 18.3. The van der Waals surface area contributed by atoms with E-state index in [-0.39, 0.29) is 17.6 Å². The minimum Gasteiger partial charge on any atom is -0.495 e. The van der Waals surface area contributed by atoms with E-state index >= 15 is 0 Å². The molecule has 0 aliphatic rings. The van der Waals surface area contributed by atoms with Crippen LogP contribution in [0, 0.1) is 0 Å². The van der Waals surface area contributed by atoms with Crippen molar-refractivity contribution in [1.82, 2.24) is 0 Å². The topological polar surface area (TPSA) is 110 Å². The number of anilines is 3. The number of rotatable bonds is 7. The first-order valence-corrected chi connectivity index (χ1v) is 10.7. The van der Waals surface area contributed by atoms with Gasteiger partial charge in [-0.2, -0.15) is 0 Å². The van der Waals surface area contributed by atoms with Crippen LogP contribution in [0.1, 0.15) is 30.6 Å². The standard InChI is InChI=1S/C24H19N3O5S/c1-31-18-6-3-2-5-17(18)26-22(28)15-8-10-16(11-9-15)25-24(30)20-12-13-21(33-20)27-23(29)19-7-4-14-32-19/h2-14H,1H3,(H,25,30)(H,26,28)(H,27,29). The van der Waals surface area contributed by atoms with E-state index in [2.05, 4.69) is 16.0 Å². The monoisotopic (exact) mass is 461 g/mol. The molecule has 8 nitrogen and oxygen atoms in total. The lowest BCUT2D eigenvalue weighted by Gasteiger charge is -2.10. The molecule has 0 unspecified atom stereocenters. The molecule has 33 heavy (non-hydrogen) atoms. The minimum absolute atomic E-state index is 0.184. The van der Waals surface area contributed by atoms with Crippen LogP contribution in [0.2, 0.25) is 0 Å². The van der Waals surface area contributed by atoms with Crippen molar-refractivity contribution in [2.24, 2.45) is 0 Å². The highest BCUT2D eigenvalue weighted by Gasteiger charge is 2.14. The highest BCUT2D eigenvalue weighted by atomic mass is 32.1. The lowest BCUT2D eigenvalue weighted by atomic mass is 10.2. The van der Waals surface area contributed by atoms with Gasteiger partial charge in [-0.15, -0.1) is 11.3 Å². The third kappa shape index (κ3) is 5.28. The number of methoxy groups -OCH3 is 1. The van der Waals surface area contributed by atoms with Crippen molar-refractivity contribution in [1.29, 1.82) is 0 Å². The number of carbonyl (C=O) groups excluding carboxylic acids is 3. The number of hydrogen-bond donors (Lipinski definition) is 3. The summed E-state index contributed by atoms with van der Waals surface area (Å²) in [4.78, 5) is 37.5. The third-order valence-electron chi connectivity index (χ3n) is 4.57. The molecule has 4 rings (SSSR count). The third-order valence-corrected chi connectivity index (χ3v) is 5.57. The number of furan rings is 1. The molecule has 0 atom stereocenters. The number of thiophene rings is 1. The fourth-order valence-corrected chi connectivity index (χ4v) is 3.74.